The summed E-state index contributed by atoms with van der Waals surface area (Å²) < 4.78 is 5.57. The Hall–Kier alpha value is -0.500. The molecule has 16 heavy (non-hydrogen) atoms. The Kier molecular flexibility index (Phi) is 3.91. The zero-order valence-electron chi connectivity index (χ0n) is 10.0. The molecule has 1 aromatic rings. The highest BCUT2D eigenvalue weighted by molar-refractivity contribution is 9.09. The molecule has 2 atom stereocenters. The minimum atomic E-state index is 0.486. The summed E-state index contributed by atoms with van der Waals surface area (Å²) in [6, 6.07) is 6.53. The van der Waals surface area contributed by atoms with Crippen LogP contribution in [0.25, 0.3) is 0 Å². The summed E-state index contributed by atoms with van der Waals surface area (Å²) in [6.45, 7) is 5.10. The molecule has 2 heteroatoms. The first-order valence-corrected chi connectivity index (χ1v) is 7.02. The Morgan fingerprint density at radius 1 is 1.44 bits per heavy atom. The van der Waals surface area contributed by atoms with Gasteiger partial charge in [-0.15, -0.1) is 0 Å². The maximum atomic E-state index is 5.57. The Morgan fingerprint density at radius 2 is 2.25 bits per heavy atom. The first-order valence-electron chi connectivity index (χ1n) is 6.10. The minimum absolute atomic E-state index is 0.486. The predicted molar refractivity (Wildman–Crippen MR) is 71.4 cm³/mol. The molecule has 0 spiro atoms. The third-order valence-electron chi connectivity index (χ3n) is 3.28. The van der Waals surface area contributed by atoms with Gasteiger partial charge in [0.2, 0.25) is 0 Å². The third-order valence-corrected chi connectivity index (χ3v) is 4.15. The van der Waals surface area contributed by atoms with Crippen molar-refractivity contribution in [3.63, 3.8) is 0 Å². The summed E-state index contributed by atoms with van der Waals surface area (Å²) in [5, 5.41) is 0. The highest BCUT2D eigenvalue weighted by Gasteiger charge is 2.20. The molecule has 0 saturated heterocycles. The van der Waals surface area contributed by atoms with Crippen molar-refractivity contribution in [2.24, 2.45) is 5.92 Å². The maximum Gasteiger partial charge on any atom is 0.119 e. The lowest BCUT2D eigenvalue weighted by molar-refractivity contribution is 0.340. The van der Waals surface area contributed by atoms with E-state index < -0.39 is 0 Å². The monoisotopic (exact) mass is 282 g/mol. The van der Waals surface area contributed by atoms with Gasteiger partial charge in [0.05, 0.1) is 6.61 Å². The van der Waals surface area contributed by atoms with Gasteiger partial charge in [-0.25, -0.2) is 0 Å². The highest BCUT2D eigenvalue weighted by atomic mass is 79.9. The molecule has 0 saturated carbocycles. The lowest BCUT2D eigenvalue weighted by Crippen LogP contribution is -1.97. The number of fused-ring (bicyclic) bond motifs is 1. The summed E-state index contributed by atoms with van der Waals surface area (Å²) in [5.74, 6) is 1.80. The molecule has 0 bridgehead atoms. The second kappa shape index (κ2) is 5.22. The summed E-state index contributed by atoms with van der Waals surface area (Å²) >= 11 is 3.81. The molecule has 0 radical (unpaired) electrons. The van der Waals surface area contributed by atoms with Crippen LogP contribution in [0, 0.1) is 5.92 Å². The number of hydrogen-bond acceptors (Lipinski definition) is 1. The molecule has 0 heterocycles. The number of hydrogen-bond donors (Lipinski definition) is 0. The molecule has 0 fully saturated rings. The number of alkyl halides is 1. The molecular formula is C14H19BrO. The van der Waals surface area contributed by atoms with Gasteiger partial charge in [-0.1, -0.05) is 28.9 Å². The lowest BCUT2D eigenvalue weighted by Gasteiger charge is -2.14. The number of benzene rings is 1. The molecule has 1 aliphatic carbocycles. The van der Waals surface area contributed by atoms with Gasteiger partial charge < -0.3 is 4.74 Å². The van der Waals surface area contributed by atoms with E-state index in [1.165, 1.54) is 30.4 Å². The summed E-state index contributed by atoms with van der Waals surface area (Å²) in [4.78, 5) is 0.486. The molecule has 0 aromatic heterocycles. The SMILES string of the molecule is CCOc1ccc2c(c1)C(Br)CC(C)CC2. The van der Waals surface area contributed by atoms with E-state index in [1.807, 2.05) is 6.92 Å². The van der Waals surface area contributed by atoms with Crippen molar-refractivity contribution >= 4 is 15.9 Å². The number of aryl methyl sites for hydroxylation is 1. The number of rotatable bonds is 2. The highest BCUT2D eigenvalue weighted by Crippen LogP contribution is 2.38. The van der Waals surface area contributed by atoms with Crippen molar-refractivity contribution in [2.45, 2.75) is 37.9 Å². The Bertz CT molecular complexity index is 362. The van der Waals surface area contributed by atoms with E-state index in [2.05, 4.69) is 41.1 Å². The maximum absolute atomic E-state index is 5.57. The van der Waals surface area contributed by atoms with Gasteiger partial charge in [-0.3, -0.25) is 0 Å². The standard InChI is InChI=1S/C14H19BrO/c1-3-16-12-7-6-11-5-4-10(2)8-14(15)13(11)9-12/h6-7,9-10,14H,3-5,8H2,1-2H3. The fourth-order valence-electron chi connectivity index (χ4n) is 2.35. The molecule has 0 aliphatic heterocycles. The molecule has 1 aliphatic rings. The van der Waals surface area contributed by atoms with E-state index in [0.29, 0.717) is 4.83 Å². The second-order valence-electron chi connectivity index (χ2n) is 4.64. The van der Waals surface area contributed by atoms with Crippen LogP contribution in [0.3, 0.4) is 0 Å². The van der Waals surface area contributed by atoms with Crippen LogP contribution < -0.4 is 4.74 Å². The van der Waals surface area contributed by atoms with Crippen LogP contribution in [0.1, 0.15) is 42.6 Å². The van der Waals surface area contributed by atoms with E-state index in [0.717, 1.165) is 18.3 Å². The smallest absolute Gasteiger partial charge is 0.119 e. The second-order valence-corrected chi connectivity index (χ2v) is 5.75. The molecule has 1 aromatic carbocycles. The van der Waals surface area contributed by atoms with Crippen molar-refractivity contribution in [1.29, 1.82) is 0 Å². The predicted octanol–water partition coefficient (Wildman–Crippen LogP) is 4.49. The normalized spacial score (nSPS) is 24.7. The van der Waals surface area contributed by atoms with Gasteiger partial charge in [-0.2, -0.15) is 0 Å². The van der Waals surface area contributed by atoms with Crippen LogP contribution in [0.4, 0.5) is 0 Å². The molecule has 2 rings (SSSR count). The molecule has 0 amide bonds. The molecule has 0 N–H and O–H groups in total. The van der Waals surface area contributed by atoms with E-state index in [4.69, 9.17) is 4.74 Å². The third kappa shape index (κ3) is 2.60. The molecule has 1 nitrogen and oxygen atoms in total. The minimum Gasteiger partial charge on any atom is -0.494 e. The fourth-order valence-corrected chi connectivity index (χ4v) is 3.41. The average molecular weight is 283 g/mol. The van der Waals surface area contributed by atoms with Crippen molar-refractivity contribution < 1.29 is 4.74 Å². The first kappa shape index (κ1) is 12.0. The van der Waals surface area contributed by atoms with Crippen LogP contribution in [0.15, 0.2) is 18.2 Å². The van der Waals surface area contributed by atoms with Crippen molar-refractivity contribution in [3.8, 4) is 5.75 Å². The summed E-state index contributed by atoms with van der Waals surface area (Å²) in [6.07, 6.45) is 3.72. The quantitative estimate of drug-likeness (QED) is 0.574. The molecule has 2 unspecified atom stereocenters. The van der Waals surface area contributed by atoms with Crippen molar-refractivity contribution in [1.82, 2.24) is 0 Å². The van der Waals surface area contributed by atoms with Crippen LogP contribution in [-0.2, 0) is 6.42 Å². The number of ether oxygens (including phenoxy) is 1. The zero-order valence-corrected chi connectivity index (χ0v) is 11.6. The van der Waals surface area contributed by atoms with Gasteiger partial charge in [0.1, 0.15) is 5.75 Å². The molecule has 88 valence electrons. The van der Waals surface area contributed by atoms with E-state index in [-0.39, 0.29) is 0 Å². The van der Waals surface area contributed by atoms with Crippen LogP contribution >= 0.6 is 15.9 Å². The first-order chi connectivity index (χ1) is 7.70. The lowest BCUT2D eigenvalue weighted by atomic mass is 10.0. The largest absolute Gasteiger partial charge is 0.494 e. The average Bonchev–Trinajstić information content (AvgIpc) is 2.40. The van der Waals surface area contributed by atoms with Crippen molar-refractivity contribution in [3.05, 3.63) is 29.3 Å². The van der Waals surface area contributed by atoms with E-state index in [9.17, 15) is 0 Å². The fraction of sp³-hybridized carbons (Fsp3) is 0.571. The van der Waals surface area contributed by atoms with E-state index >= 15 is 0 Å². The van der Waals surface area contributed by atoms with Gasteiger partial charge in [-0.05, 0) is 55.4 Å². The molecular weight excluding hydrogens is 264 g/mol. The number of halogens is 1. The van der Waals surface area contributed by atoms with Crippen LogP contribution in [0.2, 0.25) is 0 Å². The Labute approximate surface area is 106 Å². The van der Waals surface area contributed by atoms with Gasteiger partial charge >= 0.3 is 0 Å². The Morgan fingerprint density at radius 3 is 3.00 bits per heavy atom. The van der Waals surface area contributed by atoms with E-state index in [1.54, 1.807) is 0 Å². The topological polar surface area (TPSA) is 9.23 Å². The summed E-state index contributed by atoms with van der Waals surface area (Å²) in [5.41, 5.74) is 2.91. The van der Waals surface area contributed by atoms with Gasteiger partial charge in [0.25, 0.3) is 0 Å². The zero-order chi connectivity index (χ0) is 11.5. The summed E-state index contributed by atoms with van der Waals surface area (Å²) in [7, 11) is 0. The van der Waals surface area contributed by atoms with Gasteiger partial charge in [0.15, 0.2) is 0 Å². The van der Waals surface area contributed by atoms with Crippen LogP contribution in [-0.4, -0.2) is 6.61 Å². The van der Waals surface area contributed by atoms with Crippen molar-refractivity contribution in [2.75, 3.05) is 6.61 Å². The Balaban J connectivity index is 2.30. The van der Waals surface area contributed by atoms with Crippen LogP contribution in [0.5, 0.6) is 5.75 Å². The van der Waals surface area contributed by atoms with Gasteiger partial charge in [0, 0.05) is 4.83 Å².